The molecule has 98 heavy (non-hydrogen) atoms. The lowest BCUT2D eigenvalue weighted by molar-refractivity contribution is 0.467. The molecule has 2 spiro atoms. The highest BCUT2D eigenvalue weighted by atomic mass is 15.1. The third kappa shape index (κ3) is 8.94. The summed E-state index contributed by atoms with van der Waals surface area (Å²) in [6.45, 7) is 6.55. The number of aromatic nitrogens is 1. The van der Waals surface area contributed by atoms with E-state index < -0.39 is 10.8 Å². The van der Waals surface area contributed by atoms with Crippen molar-refractivity contribution in [2.75, 3.05) is 4.90 Å². The summed E-state index contributed by atoms with van der Waals surface area (Å²) in [5, 5.41) is 2.54. The van der Waals surface area contributed by atoms with Gasteiger partial charge in [0.05, 0.1) is 16.3 Å². The Morgan fingerprint density at radius 1 is 0.327 bits per heavy atom. The first kappa shape index (κ1) is 58.7. The number of fused-ring (bicyclic) bond motifs is 23. The second-order valence-electron chi connectivity index (χ2n) is 27.1. The van der Waals surface area contributed by atoms with E-state index in [0.717, 1.165) is 17.1 Å². The highest BCUT2D eigenvalue weighted by Gasteiger charge is 2.58. The third-order valence-corrected chi connectivity index (χ3v) is 22.0. The Labute approximate surface area is 575 Å². The zero-order chi connectivity index (χ0) is 65.6. The monoisotopic (exact) mass is 1250 g/mol. The van der Waals surface area contributed by atoms with Crippen molar-refractivity contribution in [1.82, 2.24) is 4.57 Å². The van der Waals surface area contributed by atoms with Crippen LogP contribution < -0.4 is 4.90 Å². The number of nitrogens with zero attached hydrogens (tertiary/aromatic N) is 2. The molecular weight excluding hydrogens is 1180 g/mol. The Kier molecular flexibility index (Phi) is 14.1. The van der Waals surface area contributed by atoms with Crippen molar-refractivity contribution in [3.05, 3.63) is 419 Å². The van der Waals surface area contributed by atoms with E-state index >= 15 is 0 Å². The molecule has 466 valence electrons. The van der Waals surface area contributed by atoms with Crippen molar-refractivity contribution >= 4 is 44.4 Å². The number of hydrogen-bond donors (Lipinski definition) is 0. The molecule has 2 heteroatoms. The summed E-state index contributed by atoms with van der Waals surface area (Å²) >= 11 is 0. The van der Waals surface area contributed by atoms with Gasteiger partial charge in [0.2, 0.25) is 0 Å². The van der Waals surface area contributed by atoms with Crippen LogP contribution in [0.2, 0.25) is 0 Å². The van der Waals surface area contributed by atoms with Gasteiger partial charge < -0.3 is 9.47 Å². The predicted molar refractivity (Wildman–Crippen MR) is 411 cm³/mol. The lowest BCUT2D eigenvalue weighted by atomic mass is 9.64. The molecule has 0 saturated heterocycles. The van der Waals surface area contributed by atoms with E-state index in [9.17, 15) is 0 Å². The number of aryl methyl sites for hydroxylation is 4. The molecule has 1 heterocycles. The summed E-state index contributed by atoms with van der Waals surface area (Å²) in [5.74, 6) is 0.264. The van der Waals surface area contributed by atoms with Crippen LogP contribution in [0, 0.1) is 26.7 Å². The van der Waals surface area contributed by atoms with Crippen LogP contribution in [0.15, 0.2) is 352 Å². The molecule has 14 aromatic carbocycles. The Morgan fingerprint density at radius 2 is 0.796 bits per heavy atom. The van der Waals surface area contributed by atoms with Crippen LogP contribution in [0.1, 0.15) is 72.7 Å². The largest absolute Gasteiger partial charge is 0.343 e. The van der Waals surface area contributed by atoms with Gasteiger partial charge in [-0.15, -0.1) is 0 Å². The highest BCUT2D eigenvalue weighted by molar-refractivity contribution is 6.14. The molecule has 5 aliphatic carbocycles. The van der Waals surface area contributed by atoms with E-state index in [0.29, 0.717) is 0 Å². The summed E-state index contributed by atoms with van der Waals surface area (Å²) < 4.78 is 2.44. The maximum absolute atomic E-state index is 2.68. The zero-order valence-electron chi connectivity index (χ0n) is 55.5. The maximum atomic E-state index is 2.68. The third-order valence-electron chi connectivity index (χ3n) is 22.0. The van der Waals surface area contributed by atoms with Gasteiger partial charge in [0.1, 0.15) is 0 Å². The standard InChI is InChI=1S/C76H52N2.C14H14.C6H6/c1-47-33-37-58-60-39-35-49(45-71(60)75(69(58)41-47)65-28-14-9-23-54(65)55-24-10-15-29-66(55)75)63-42-50(43-64-62-27-13-18-32-73(62)77(2)74(63)64)48-34-38-59-61-40-36-53(78(51-19-5-3-6-20-51)52-21-7-4-8-22-52)46-72(61)76(70(59)44-48)67-30-16-11-25-56(67)57-26-12-17-31-68(57)76;1-11-7-3-5-9-13(11)14-10-6-4-8-12(14)2;1-2-4-6-5-3-1/h3-46,59,70H,1-2H3;3-10H,1-2H3;1-6H. The van der Waals surface area contributed by atoms with Crippen LogP contribution in [0.25, 0.3) is 83.0 Å². The van der Waals surface area contributed by atoms with Crippen molar-refractivity contribution < 1.29 is 0 Å². The van der Waals surface area contributed by atoms with Crippen LogP contribution in [-0.4, -0.2) is 4.57 Å². The first-order valence-corrected chi connectivity index (χ1v) is 34.5. The number of benzene rings is 14. The molecule has 0 radical (unpaired) electrons. The van der Waals surface area contributed by atoms with Crippen LogP contribution in [0.3, 0.4) is 0 Å². The maximum Gasteiger partial charge on any atom is 0.0725 e. The minimum atomic E-state index is -0.446. The quantitative estimate of drug-likeness (QED) is 0.161. The van der Waals surface area contributed by atoms with E-state index in [1.165, 1.54) is 150 Å². The van der Waals surface area contributed by atoms with Gasteiger partial charge in [0.15, 0.2) is 0 Å². The van der Waals surface area contributed by atoms with Gasteiger partial charge in [-0.3, -0.25) is 0 Å². The van der Waals surface area contributed by atoms with Gasteiger partial charge >= 0.3 is 0 Å². The minimum Gasteiger partial charge on any atom is -0.343 e. The van der Waals surface area contributed by atoms with Crippen molar-refractivity contribution in [3.63, 3.8) is 0 Å². The number of rotatable bonds is 6. The van der Waals surface area contributed by atoms with Crippen LogP contribution in [-0.2, 0) is 17.9 Å². The lowest BCUT2D eigenvalue weighted by Crippen LogP contribution is -2.33. The van der Waals surface area contributed by atoms with Gasteiger partial charge in [0, 0.05) is 57.8 Å². The van der Waals surface area contributed by atoms with Crippen LogP contribution in [0.4, 0.5) is 17.1 Å². The molecule has 2 atom stereocenters. The van der Waals surface area contributed by atoms with E-state index in [-0.39, 0.29) is 11.8 Å². The molecule has 0 bridgehead atoms. The molecular formula is C96H72N2. The summed E-state index contributed by atoms with van der Waals surface area (Å²) in [6.07, 6.45) is 7.67. The molecule has 2 nitrogen and oxygen atoms in total. The SMILES string of the molecule is Cc1ccc2c(c1)C1(c3ccccc3-c3ccccc31)c1cc(-c3cc(C4=CC5C(C=C4)c4ccc(N(c6ccccc6)c6ccccc6)cc4C54c5ccccc5-c5ccccc54)cc4c5ccccc5n(C)c34)ccc1-2.Cc1ccccc1-c1ccccc1C.c1ccccc1. The molecule has 20 rings (SSSR count). The van der Waals surface area contributed by atoms with Crippen LogP contribution >= 0.6 is 0 Å². The van der Waals surface area contributed by atoms with Gasteiger partial charge in [-0.05, 0) is 198 Å². The summed E-state index contributed by atoms with van der Waals surface area (Å²) in [4.78, 5) is 2.42. The summed E-state index contributed by atoms with van der Waals surface area (Å²) in [6, 6.07) is 123. The fourth-order valence-corrected chi connectivity index (χ4v) is 17.8. The van der Waals surface area contributed by atoms with E-state index in [4.69, 9.17) is 0 Å². The Balaban J connectivity index is 0.000000299. The van der Waals surface area contributed by atoms with Crippen molar-refractivity contribution in [1.29, 1.82) is 0 Å². The molecule has 0 fully saturated rings. The van der Waals surface area contributed by atoms with Crippen LogP contribution in [0.5, 0.6) is 0 Å². The lowest BCUT2D eigenvalue weighted by Gasteiger charge is -2.37. The second-order valence-corrected chi connectivity index (χ2v) is 27.1. The molecule has 1 aromatic heterocycles. The Hall–Kier alpha value is -11.8. The number of para-hydroxylation sites is 3. The number of allylic oxidation sites excluding steroid dienone is 4. The van der Waals surface area contributed by atoms with Gasteiger partial charge in [-0.25, -0.2) is 0 Å². The van der Waals surface area contributed by atoms with E-state index in [1.54, 1.807) is 0 Å². The second kappa shape index (κ2) is 23.5. The summed E-state index contributed by atoms with van der Waals surface area (Å²) in [7, 11) is 2.26. The molecule has 0 saturated carbocycles. The smallest absolute Gasteiger partial charge is 0.0725 e. The number of hydrogen-bond acceptors (Lipinski definition) is 1. The first-order valence-electron chi connectivity index (χ1n) is 34.5. The van der Waals surface area contributed by atoms with E-state index in [1.807, 2.05) is 36.4 Å². The van der Waals surface area contributed by atoms with Crippen molar-refractivity contribution in [3.8, 4) is 55.6 Å². The zero-order valence-corrected chi connectivity index (χ0v) is 55.5. The normalized spacial score (nSPS) is 15.3. The van der Waals surface area contributed by atoms with Gasteiger partial charge in [-0.2, -0.15) is 0 Å². The van der Waals surface area contributed by atoms with Crippen molar-refractivity contribution in [2.45, 2.75) is 37.5 Å². The molecule has 0 aliphatic heterocycles. The fourth-order valence-electron chi connectivity index (χ4n) is 17.8. The fraction of sp³-hybridized carbons (Fsp3) is 0.0833. The molecule has 0 N–H and O–H groups in total. The summed E-state index contributed by atoms with van der Waals surface area (Å²) in [5.41, 5.74) is 35.6. The Bertz CT molecular complexity index is 5510. The number of anilines is 3. The molecule has 5 aliphatic rings. The van der Waals surface area contributed by atoms with Gasteiger partial charge in [-0.1, -0.05) is 297 Å². The average Bonchev–Trinajstić information content (AvgIpc) is 1.51. The minimum absolute atomic E-state index is 0.102. The van der Waals surface area contributed by atoms with Gasteiger partial charge in [0.25, 0.3) is 0 Å². The molecule has 0 amide bonds. The molecule has 15 aromatic rings. The molecule has 2 unspecified atom stereocenters. The topological polar surface area (TPSA) is 8.17 Å². The predicted octanol–water partition coefficient (Wildman–Crippen LogP) is 24.5. The van der Waals surface area contributed by atoms with Crippen molar-refractivity contribution in [2.24, 2.45) is 13.0 Å². The van der Waals surface area contributed by atoms with E-state index in [2.05, 4.69) is 353 Å². The Morgan fingerprint density at radius 3 is 1.38 bits per heavy atom. The first-order chi connectivity index (χ1) is 48.3. The average molecular weight is 1250 g/mol. The highest BCUT2D eigenvalue weighted by Crippen LogP contribution is 2.67.